The van der Waals surface area contributed by atoms with Crippen molar-refractivity contribution in [3.63, 3.8) is 0 Å². The maximum absolute atomic E-state index is 12.8. The first-order chi connectivity index (χ1) is 16.5. The van der Waals surface area contributed by atoms with Crippen molar-refractivity contribution in [1.29, 1.82) is 0 Å². The molecule has 1 unspecified atom stereocenters. The topological polar surface area (TPSA) is 46.5 Å². The average molecular weight is 471 g/mol. The smallest absolute Gasteiger partial charge is 0.130 e. The Hall–Kier alpha value is -3.37. The van der Waals surface area contributed by atoms with Gasteiger partial charge in [-0.2, -0.15) is 0 Å². The van der Waals surface area contributed by atoms with E-state index < -0.39 is 10.8 Å². The number of phenolic OH excluding ortho intramolecular Hbond substituents is 1. The maximum atomic E-state index is 12.8. The van der Waals surface area contributed by atoms with Crippen LogP contribution < -0.4 is 4.74 Å². The lowest BCUT2D eigenvalue weighted by Crippen LogP contribution is -1.96. The van der Waals surface area contributed by atoms with Gasteiger partial charge in [0.15, 0.2) is 0 Å². The van der Waals surface area contributed by atoms with Gasteiger partial charge in [-0.1, -0.05) is 44.2 Å². The Morgan fingerprint density at radius 3 is 1.91 bits per heavy atom. The lowest BCUT2D eigenvalue weighted by molar-refractivity contribution is 0.475. The van der Waals surface area contributed by atoms with Crippen molar-refractivity contribution < 1.29 is 14.1 Å². The van der Waals surface area contributed by atoms with E-state index in [9.17, 15) is 9.32 Å². The summed E-state index contributed by atoms with van der Waals surface area (Å²) >= 11 is 0. The fourth-order valence-corrected chi connectivity index (χ4v) is 5.07. The van der Waals surface area contributed by atoms with Crippen LogP contribution in [0.2, 0.25) is 0 Å². The third-order valence-electron chi connectivity index (χ3n) is 6.02. The van der Waals surface area contributed by atoms with Gasteiger partial charge in [0.25, 0.3) is 0 Å². The number of hydrogen-bond acceptors (Lipinski definition) is 3. The molecule has 0 amide bonds. The summed E-state index contributed by atoms with van der Waals surface area (Å²) in [4.78, 5) is 1.34. The largest absolute Gasteiger partial charge is 0.508 e. The normalized spacial score (nSPS) is 11.9. The molecule has 3 nitrogen and oxygen atoms in total. The first-order valence-corrected chi connectivity index (χ1v) is 12.8. The number of aryl methyl sites for hydroxylation is 3. The highest BCUT2D eigenvalue weighted by molar-refractivity contribution is 7.85. The highest BCUT2D eigenvalue weighted by Crippen LogP contribution is 2.29. The van der Waals surface area contributed by atoms with E-state index in [0.29, 0.717) is 15.5 Å². The van der Waals surface area contributed by atoms with Gasteiger partial charge < -0.3 is 9.84 Å². The molecule has 0 aromatic heterocycles. The van der Waals surface area contributed by atoms with Crippen molar-refractivity contribution in [3.8, 4) is 17.2 Å². The van der Waals surface area contributed by atoms with Gasteiger partial charge in [0.1, 0.15) is 17.2 Å². The Kier molecular flexibility index (Phi) is 7.49. The molecule has 0 aliphatic rings. The van der Waals surface area contributed by atoms with Crippen LogP contribution in [0.1, 0.15) is 41.7 Å². The molecule has 0 aliphatic heterocycles. The molecule has 0 bridgehead atoms. The van der Waals surface area contributed by atoms with Crippen molar-refractivity contribution in [2.45, 2.75) is 49.8 Å². The molecule has 1 N–H and O–H groups in total. The van der Waals surface area contributed by atoms with Gasteiger partial charge in [-0.3, -0.25) is 0 Å². The summed E-state index contributed by atoms with van der Waals surface area (Å²) in [7, 11) is -1.31. The first kappa shape index (κ1) is 23.8. The second-order valence-corrected chi connectivity index (χ2v) is 9.90. The van der Waals surface area contributed by atoms with Crippen LogP contribution in [-0.4, -0.2) is 9.32 Å². The molecule has 0 heterocycles. The van der Waals surface area contributed by atoms with Crippen LogP contribution in [0.4, 0.5) is 0 Å². The van der Waals surface area contributed by atoms with Gasteiger partial charge in [0.2, 0.25) is 0 Å². The molecular formula is C30H30O3S. The molecule has 0 spiro atoms. The van der Waals surface area contributed by atoms with Crippen LogP contribution in [0.5, 0.6) is 17.2 Å². The van der Waals surface area contributed by atoms with Crippen LogP contribution in [0.15, 0.2) is 94.7 Å². The van der Waals surface area contributed by atoms with Gasteiger partial charge in [-0.15, -0.1) is 0 Å². The van der Waals surface area contributed by atoms with E-state index in [1.165, 1.54) is 22.3 Å². The van der Waals surface area contributed by atoms with E-state index in [1.54, 1.807) is 24.3 Å². The molecule has 0 aliphatic carbocycles. The summed E-state index contributed by atoms with van der Waals surface area (Å²) in [6.45, 7) is 6.50. The number of phenols is 1. The number of benzene rings is 4. The molecule has 174 valence electrons. The minimum Gasteiger partial charge on any atom is -0.508 e. The van der Waals surface area contributed by atoms with Gasteiger partial charge in [0.05, 0.1) is 10.8 Å². The summed E-state index contributed by atoms with van der Waals surface area (Å²) < 4.78 is 18.9. The molecule has 4 aromatic carbocycles. The van der Waals surface area contributed by atoms with Crippen molar-refractivity contribution in [2.24, 2.45) is 0 Å². The van der Waals surface area contributed by atoms with E-state index in [0.717, 1.165) is 30.6 Å². The van der Waals surface area contributed by atoms with Crippen LogP contribution >= 0.6 is 0 Å². The third-order valence-corrected chi connectivity index (χ3v) is 7.43. The monoisotopic (exact) mass is 470 g/mol. The minimum absolute atomic E-state index is 0.159. The first-order valence-electron chi connectivity index (χ1n) is 11.7. The third kappa shape index (κ3) is 5.57. The van der Waals surface area contributed by atoms with Crippen molar-refractivity contribution in [1.82, 2.24) is 0 Å². The van der Waals surface area contributed by atoms with Gasteiger partial charge in [-0.05, 0) is 109 Å². The Morgan fingerprint density at radius 1 is 0.735 bits per heavy atom. The van der Waals surface area contributed by atoms with Gasteiger partial charge in [0, 0.05) is 9.79 Å². The highest BCUT2D eigenvalue weighted by atomic mass is 32.2. The van der Waals surface area contributed by atoms with Crippen molar-refractivity contribution >= 4 is 10.8 Å². The van der Waals surface area contributed by atoms with Crippen LogP contribution in [0.3, 0.4) is 0 Å². The Balaban J connectivity index is 1.48. The molecular weight excluding hydrogens is 440 g/mol. The molecule has 0 saturated heterocycles. The summed E-state index contributed by atoms with van der Waals surface area (Å²) in [6, 6.07) is 26.9. The zero-order chi connectivity index (χ0) is 24.1. The minimum atomic E-state index is -1.31. The van der Waals surface area contributed by atoms with Crippen molar-refractivity contribution in [3.05, 3.63) is 113 Å². The summed E-state index contributed by atoms with van der Waals surface area (Å²) in [5, 5.41) is 9.43. The lowest BCUT2D eigenvalue weighted by atomic mass is 9.97. The molecule has 0 saturated carbocycles. The average Bonchev–Trinajstić information content (AvgIpc) is 2.86. The lowest BCUT2D eigenvalue weighted by Gasteiger charge is -2.13. The fraction of sp³-hybridized carbons (Fsp3) is 0.200. The molecule has 34 heavy (non-hydrogen) atoms. The van der Waals surface area contributed by atoms with E-state index in [-0.39, 0.29) is 5.75 Å². The van der Waals surface area contributed by atoms with Gasteiger partial charge >= 0.3 is 0 Å². The molecule has 4 aromatic rings. The fourth-order valence-electron chi connectivity index (χ4n) is 4.03. The Morgan fingerprint density at radius 2 is 1.29 bits per heavy atom. The molecule has 0 radical (unpaired) electrons. The van der Waals surface area contributed by atoms with E-state index in [2.05, 4.69) is 51.1 Å². The zero-order valence-corrected chi connectivity index (χ0v) is 20.7. The van der Waals surface area contributed by atoms with E-state index >= 15 is 0 Å². The molecule has 0 fully saturated rings. The van der Waals surface area contributed by atoms with Crippen LogP contribution in [0.25, 0.3) is 0 Å². The van der Waals surface area contributed by atoms with Crippen LogP contribution in [-0.2, 0) is 30.1 Å². The Labute approximate surface area is 204 Å². The second kappa shape index (κ2) is 10.7. The number of hydrogen-bond donors (Lipinski definition) is 1. The number of rotatable bonds is 8. The van der Waals surface area contributed by atoms with Gasteiger partial charge in [-0.25, -0.2) is 4.21 Å². The standard InChI is InChI=1S/C30H30O3S/c1-4-24-19-22(7-6-21(24)3)18-23-8-17-30(25(5-2)20-23)33-27-11-15-29(16-12-27)34(32)28-13-9-26(31)10-14-28/h6-17,19-20,31H,4-5,18H2,1-3H3. The van der Waals surface area contributed by atoms with E-state index in [1.807, 2.05) is 30.3 Å². The van der Waals surface area contributed by atoms with E-state index in [4.69, 9.17) is 4.74 Å². The second-order valence-electron chi connectivity index (χ2n) is 8.42. The summed E-state index contributed by atoms with van der Waals surface area (Å²) in [5.74, 6) is 1.71. The number of ether oxygens (including phenoxy) is 1. The summed E-state index contributed by atoms with van der Waals surface area (Å²) in [6.07, 6.45) is 2.83. The van der Waals surface area contributed by atoms with Crippen LogP contribution in [0, 0.1) is 6.92 Å². The predicted octanol–water partition coefficient (Wildman–Crippen LogP) is 7.38. The Bertz CT molecular complexity index is 1290. The highest BCUT2D eigenvalue weighted by Gasteiger charge is 2.10. The molecule has 4 heteroatoms. The zero-order valence-electron chi connectivity index (χ0n) is 19.9. The van der Waals surface area contributed by atoms with Crippen molar-refractivity contribution in [2.75, 3.05) is 0 Å². The quantitative estimate of drug-likeness (QED) is 0.292. The SMILES string of the molecule is CCc1cc(Cc2ccc(Oc3ccc(S(=O)c4ccc(O)cc4)cc3)c(CC)c2)ccc1C. The molecule has 4 rings (SSSR count). The predicted molar refractivity (Wildman–Crippen MR) is 138 cm³/mol. The summed E-state index contributed by atoms with van der Waals surface area (Å²) in [5.41, 5.74) is 6.52. The number of aromatic hydroxyl groups is 1. The molecule has 1 atom stereocenters. The maximum Gasteiger partial charge on any atom is 0.130 e.